The Morgan fingerprint density at radius 2 is 2.09 bits per heavy atom. The molecule has 4 nitrogen and oxygen atoms in total. The van der Waals surface area contributed by atoms with Gasteiger partial charge in [0.05, 0.1) is 5.02 Å². The van der Waals surface area contributed by atoms with Crippen molar-refractivity contribution in [3.63, 3.8) is 0 Å². The summed E-state index contributed by atoms with van der Waals surface area (Å²) >= 11 is 5.89. The summed E-state index contributed by atoms with van der Waals surface area (Å²) in [7, 11) is -3.71. The average molecular weight is 347 g/mol. The predicted molar refractivity (Wildman–Crippen MR) is 84.0 cm³/mol. The molecule has 0 aromatic heterocycles. The van der Waals surface area contributed by atoms with Crippen LogP contribution in [0.2, 0.25) is 5.02 Å². The molecule has 1 heterocycles. The average Bonchev–Trinajstić information content (AvgIpc) is 3.19. The van der Waals surface area contributed by atoms with E-state index in [0.717, 1.165) is 31.6 Å². The molecule has 1 saturated heterocycles. The van der Waals surface area contributed by atoms with Crippen molar-refractivity contribution < 1.29 is 12.8 Å². The van der Waals surface area contributed by atoms with E-state index in [2.05, 4.69) is 9.62 Å². The zero-order valence-electron chi connectivity index (χ0n) is 12.5. The van der Waals surface area contributed by atoms with Crippen molar-refractivity contribution in [3.8, 4) is 0 Å². The van der Waals surface area contributed by atoms with Gasteiger partial charge in [-0.2, -0.15) is 0 Å². The third-order valence-electron chi connectivity index (χ3n) is 4.45. The number of halogens is 2. The largest absolute Gasteiger partial charge is 0.300 e. The van der Waals surface area contributed by atoms with Crippen LogP contribution in [0, 0.1) is 18.7 Å². The Morgan fingerprint density at radius 3 is 2.77 bits per heavy atom. The highest BCUT2D eigenvalue weighted by molar-refractivity contribution is 7.89. The second-order valence-corrected chi connectivity index (χ2v) is 8.41. The minimum atomic E-state index is -3.71. The smallest absolute Gasteiger partial charge is 0.242 e. The molecule has 1 aliphatic heterocycles. The molecule has 0 radical (unpaired) electrons. The molecule has 1 saturated carbocycles. The summed E-state index contributed by atoms with van der Waals surface area (Å²) < 4.78 is 40.8. The lowest BCUT2D eigenvalue weighted by Crippen LogP contribution is -2.31. The van der Waals surface area contributed by atoms with Crippen LogP contribution in [0.1, 0.15) is 24.8 Å². The number of benzene rings is 1. The van der Waals surface area contributed by atoms with E-state index < -0.39 is 15.8 Å². The second kappa shape index (κ2) is 6.07. The van der Waals surface area contributed by atoms with E-state index in [0.29, 0.717) is 12.5 Å². The van der Waals surface area contributed by atoms with E-state index in [9.17, 15) is 12.8 Å². The van der Waals surface area contributed by atoms with Crippen molar-refractivity contribution in [1.82, 2.24) is 9.62 Å². The summed E-state index contributed by atoms with van der Waals surface area (Å²) in [5, 5.41) is -0.0818. The van der Waals surface area contributed by atoms with Gasteiger partial charge in [0.1, 0.15) is 10.7 Å². The van der Waals surface area contributed by atoms with Crippen LogP contribution in [0.4, 0.5) is 4.39 Å². The van der Waals surface area contributed by atoms with Crippen molar-refractivity contribution in [2.75, 3.05) is 19.6 Å². The zero-order chi connectivity index (χ0) is 15.9. The van der Waals surface area contributed by atoms with Crippen LogP contribution >= 0.6 is 11.6 Å². The van der Waals surface area contributed by atoms with E-state index in [1.54, 1.807) is 0 Å². The molecule has 1 N–H and O–H groups in total. The van der Waals surface area contributed by atoms with Crippen molar-refractivity contribution in [2.24, 2.45) is 5.92 Å². The lowest BCUT2D eigenvalue weighted by molar-refractivity contribution is 0.314. The van der Waals surface area contributed by atoms with Gasteiger partial charge in [0.25, 0.3) is 0 Å². The number of sulfonamides is 1. The number of likely N-dealkylation sites (tertiary alicyclic amines) is 1. The number of hydrogen-bond acceptors (Lipinski definition) is 3. The fourth-order valence-electron chi connectivity index (χ4n) is 2.94. The van der Waals surface area contributed by atoms with Crippen LogP contribution in [0.15, 0.2) is 17.0 Å². The van der Waals surface area contributed by atoms with Gasteiger partial charge in [0.2, 0.25) is 10.0 Å². The first kappa shape index (κ1) is 16.2. The van der Waals surface area contributed by atoms with Crippen LogP contribution in [-0.4, -0.2) is 39.0 Å². The van der Waals surface area contributed by atoms with Crippen LogP contribution in [0.25, 0.3) is 0 Å². The normalized spacial score (nSPS) is 23.1. The Kier molecular flexibility index (Phi) is 4.47. The van der Waals surface area contributed by atoms with Crippen LogP contribution in [0.3, 0.4) is 0 Å². The Hall–Kier alpha value is -0.690. The monoisotopic (exact) mass is 346 g/mol. The molecule has 0 spiro atoms. The number of rotatable bonds is 5. The fraction of sp³-hybridized carbons (Fsp3) is 0.600. The maximum atomic E-state index is 13.4. The molecule has 22 heavy (non-hydrogen) atoms. The van der Waals surface area contributed by atoms with E-state index in [1.807, 2.05) is 0 Å². The van der Waals surface area contributed by atoms with Gasteiger partial charge in [-0.3, -0.25) is 0 Å². The minimum absolute atomic E-state index is 0.0508. The van der Waals surface area contributed by atoms with E-state index in [-0.39, 0.29) is 15.5 Å². The first-order valence-electron chi connectivity index (χ1n) is 7.56. The van der Waals surface area contributed by atoms with Crippen LogP contribution in [0.5, 0.6) is 0 Å². The SMILES string of the molecule is Cc1cc(S(=O)(=O)NCC2CCN(C3CC3)C2)c(Cl)cc1F. The lowest BCUT2D eigenvalue weighted by Gasteiger charge is -2.15. The molecule has 3 rings (SSSR count). The quantitative estimate of drug-likeness (QED) is 0.891. The molecule has 1 unspecified atom stereocenters. The van der Waals surface area contributed by atoms with Crippen LogP contribution < -0.4 is 4.72 Å². The molecular formula is C15H20ClFN2O2S. The molecule has 1 atom stereocenters. The Balaban J connectivity index is 1.65. The summed E-state index contributed by atoms with van der Waals surface area (Å²) in [4.78, 5) is 2.39. The zero-order valence-corrected chi connectivity index (χ0v) is 14.1. The summed E-state index contributed by atoms with van der Waals surface area (Å²) in [6.07, 6.45) is 3.54. The highest BCUT2D eigenvalue weighted by Gasteiger charge is 2.34. The number of hydrogen-bond donors (Lipinski definition) is 1. The van der Waals surface area contributed by atoms with Crippen LogP contribution in [-0.2, 0) is 10.0 Å². The topological polar surface area (TPSA) is 49.4 Å². The maximum absolute atomic E-state index is 13.4. The summed E-state index contributed by atoms with van der Waals surface area (Å²) in [5.74, 6) is -0.171. The Labute approximate surface area is 135 Å². The summed E-state index contributed by atoms with van der Waals surface area (Å²) in [6, 6.07) is 3.05. The van der Waals surface area contributed by atoms with Crippen molar-refractivity contribution in [3.05, 3.63) is 28.5 Å². The van der Waals surface area contributed by atoms with Gasteiger partial charge in [-0.1, -0.05) is 11.6 Å². The number of aryl methyl sites for hydroxylation is 1. The summed E-state index contributed by atoms with van der Waals surface area (Å²) in [5.41, 5.74) is 0.269. The lowest BCUT2D eigenvalue weighted by atomic mass is 10.1. The second-order valence-electron chi connectivity index (χ2n) is 6.26. The fourth-order valence-corrected chi connectivity index (χ4v) is 4.66. The third-order valence-corrected chi connectivity index (χ3v) is 6.33. The molecular weight excluding hydrogens is 327 g/mol. The van der Waals surface area contributed by atoms with Gasteiger partial charge in [0, 0.05) is 19.1 Å². The summed E-state index contributed by atoms with van der Waals surface area (Å²) in [6.45, 7) is 3.92. The number of nitrogens with zero attached hydrogens (tertiary/aromatic N) is 1. The molecule has 1 aliphatic carbocycles. The van der Waals surface area contributed by atoms with E-state index in [4.69, 9.17) is 11.6 Å². The number of nitrogens with one attached hydrogen (secondary N) is 1. The van der Waals surface area contributed by atoms with E-state index >= 15 is 0 Å². The molecule has 2 fully saturated rings. The first-order chi connectivity index (χ1) is 10.4. The Bertz CT molecular complexity index is 676. The molecule has 1 aromatic carbocycles. The van der Waals surface area contributed by atoms with E-state index in [1.165, 1.54) is 25.8 Å². The highest BCUT2D eigenvalue weighted by atomic mass is 35.5. The molecule has 122 valence electrons. The van der Waals surface area contributed by atoms with Gasteiger partial charge in [-0.05, 0) is 56.3 Å². The van der Waals surface area contributed by atoms with Gasteiger partial charge >= 0.3 is 0 Å². The molecule has 1 aromatic rings. The maximum Gasteiger partial charge on any atom is 0.242 e. The molecule has 7 heteroatoms. The van der Waals surface area contributed by atoms with Gasteiger partial charge in [-0.25, -0.2) is 17.5 Å². The third kappa shape index (κ3) is 3.45. The van der Waals surface area contributed by atoms with Gasteiger partial charge < -0.3 is 4.90 Å². The first-order valence-corrected chi connectivity index (χ1v) is 9.42. The molecule has 0 amide bonds. The van der Waals surface area contributed by atoms with Gasteiger partial charge in [-0.15, -0.1) is 0 Å². The van der Waals surface area contributed by atoms with Crippen molar-refractivity contribution in [1.29, 1.82) is 0 Å². The highest BCUT2D eigenvalue weighted by Crippen LogP contribution is 2.31. The minimum Gasteiger partial charge on any atom is -0.300 e. The van der Waals surface area contributed by atoms with Crippen molar-refractivity contribution >= 4 is 21.6 Å². The standard InChI is InChI=1S/C15H20ClFN2O2S/c1-10-6-15(13(16)7-14(10)17)22(20,21)18-8-11-4-5-19(9-11)12-2-3-12/h6-7,11-12,18H,2-5,8-9H2,1H3. The molecule has 0 bridgehead atoms. The predicted octanol–water partition coefficient (Wildman–Crippen LogP) is 2.55. The Morgan fingerprint density at radius 1 is 1.36 bits per heavy atom. The van der Waals surface area contributed by atoms with Crippen molar-refractivity contribution in [2.45, 2.75) is 37.1 Å². The van der Waals surface area contributed by atoms with Gasteiger partial charge in [0.15, 0.2) is 0 Å². The molecule has 2 aliphatic rings.